The molecule has 0 aromatic heterocycles. The van der Waals surface area contributed by atoms with Crippen LogP contribution >= 0.6 is 0 Å². The Morgan fingerprint density at radius 2 is 1.88 bits per heavy atom. The van der Waals surface area contributed by atoms with Gasteiger partial charge >= 0.3 is 0 Å². The van der Waals surface area contributed by atoms with E-state index in [2.05, 4.69) is 33.0 Å². The van der Waals surface area contributed by atoms with Crippen molar-refractivity contribution in [2.45, 2.75) is 59.4 Å². The normalized spacial score (nSPS) is 23.6. The highest BCUT2D eigenvalue weighted by Gasteiger charge is 2.27. The van der Waals surface area contributed by atoms with Gasteiger partial charge in [-0.2, -0.15) is 0 Å². The van der Waals surface area contributed by atoms with Crippen LogP contribution in [0.15, 0.2) is 0 Å². The fraction of sp³-hybridized carbons (Fsp3) is 1.00. The molecule has 16 heavy (non-hydrogen) atoms. The van der Waals surface area contributed by atoms with Crippen molar-refractivity contribution in [3.05, 3.63) is 0 Å². The maximum atomic E-state index is 5.45. The molecule has 1 N–H and O–H groups in total. The van der Waals surface area contributed by atoms with Gasteiger partial charge in [0.25, 0.3) is 0 Å². The monoisotopic (exact) mass is 227 g/mol. The largest absolute Gasteiger partial charge is 0.381 e. The summed E-state index contributed by atoms with van der Waals surface area (Å²) in [5.74, 6) is 0.725. The van der Waals surface area contributed by atoms with Crippen LogP contribution in [0, 0.1) is 11.3 Å². The van der Waals surface area contributed by atoms with Crippen LogP contribution in [-0.4, -0.2) is 25.8 Å². The summed E-state index contributed by atoms with van der Waals surface area (Å²) >= 11 is 0. The highest BCUT2D eigenvalue weighted by Crippen LogP contribution is 2.30. The topological polar surface area (TPSA) is 21.3 Å². The van der Waals surface area contributed by atoms with E-state index in [-0.39, 0.29) is 0 Å². The quantitative estimate of drug-likeness (QED) is 0.721. The number of hydrogen-bond acceptors (Lipinski definition) is 2. The summed E-state index contributed by atoms with van der Waals surface area (Å²) in [5, 5.41) is 3.74. The van der Waals surface area contributed by atoms with Crippen LogP contribution in [-0.2, 0) is 4.74 Å². The third-order valence-corrected chi connectivity index (χ3v) is 4.72. The van der Waals surface area contributed by atoms with Gasteiger partial charge in [0.2, 0.25) is 0 Å². The lowest BCUT2D eigenvalue weighted by Crippen LogP contribution is -2.41. The molecular formula is C14H29NO. The first-order valence-corrected chi connectivity index (χ1v) is 6.98. The molecule has 0 aliphatic carbocycles. The second-order valence-corrected chi connectivity index (χ2v) is 5.35. The summed E-state index contributed by atoms with van der Waals surface area (Å²) in [5.41, 5.74) is 0.508. The Balaban J connectivity index is 2.36. The van der Waals surface area contributed by atoms with E-state index in [9.17, 15) is 0 Å². The summed E-state index contributed by atoms with van der Waals surface area (Å²) in [6, 6.07) is 0.603. The maximum absolute atomic E-state index is 5.45. The van der Waals surface area contributed by atoms with Crippen molar-refractivity contribution < 1.29 is 4.74 Å². The molecule has 0 spiro atoms. The van der Waals surface area contributed by atoms with E-state index in [1.807, 2.05) is 0 Å². The Hall–Kier alpha value is -0.0800. The van der Waals surface area contributed by atoms with E-state index < -0.39 is 0 Å². The predicted octanol–water partition coefficient (Wildman–Crippen LogP) is 3.22. The van der Waals surface area contributed by atoms with Crippen LogP contribution in [0.25, 0.3) is 0 Å². The molecule has 0 radical (unpaired) electrons. The summed E-state index contributed by atoms with van der Waals surface area (Å²) in [6.45, 7) is 12.3. The van der Waals surface area contributed by atoms with Crippen molar-refractivity contribution in [2.24, 2.45) is 11.3 Å². The first-order chi connectivity index (χ1) is 7.67. The zero-order valence-electron chi connectivity index (χ0n) is 11.5. The number of rotatable bonds is 7. The highest BCUT2D eigenvalue weighted by molar-refractivity contribution is 4.82. The van der Waals surface area contributed by atoms with Gasteiger partial charge in [0.15, 0.2) is 0 Å². The van der Waals surface area contributed by atoms with E-state index in [0.29, 0.717) is 11.5 Å². The van der Waals surface area contributed by atoms with Gasteiger partial charge in [-0.15, -0.1) is 0 Å². The summed E-state index contributed by atoms with van der Waals surface area (Å²) in [7, 11) is 0. The van der Waals surface area contributed by atoms with E-state index in [4.69, 9.17) is 4.74 Å². The third kappa shape index (κ3) is 3.46. The van der Waals surface area contributed by atoms with Crippen LogP contribution in [0.1, 0.15) is 53.4 Å². The van der Waals surface area contributed by atoms with Crippen molar-refractivity contribution in [3.8, 4) is 0 Å². The molecule has 2 heteroatoms. The molecule has 0 aromatic carbocycles. The van der Waals surface area contributed by atoms with Crippen molar-refractivity contribution in [1.82, 2.24) is 5.32 Å². The first kappa shape index (κ1) is 14.0. The smallest absolute Gasteiger partial charge is 0.0509 e. The highest BCUT2D eigenvalue weighted by atomic mass is 16.5. The minimum absolute atomic E-state index is 0.508. The van der Waals surface area contributed by atoms with Gasteiger partial charge in [0, 0.05) is 19.2 Å². The van der Waals surface area contributed by atoms with Gasteiger partial charge in [0.1, 0.15) is 0 Å². The minimum Gasteiger partial charge on any atom is -0.381 e. The van der Waals surface area contributed by atoms with Crippen molar-refractivity contribution in [2.75, 3.05) is 19.8 Å². The average molecular weight is 227 g/mol. The number of ether oxygens (including phenoxy) is 1. The van der Waals surface area contributed by atoms with E-state index in [1.165, 1.54) is 25.7 Å². The number of nitrogens with one attached hydrogen (secondary N) is 1. The van der Waals surface area contributed by atoms with Crippen LogP contribution < -0.4 is 5.32 Å². The average Bonchev–Trinajstić information content (AvgIpc) is 2.85. The molecule has 96 valence electrons. The Kier molecular flexibility index (Phi) is 5.77. The molecule has 0 aromatic rings. The zero-order chi connectivity index (χ0) is 12.0. The van der Waals surface area contributed by atoms with Gasteiger partial charge < -0.3 is 10.1 Å². The Morgan fingerprint density at radius 1 is 1.25 bits per heavy atom. The third-order valence-electron chi connectivity index (χ3n) is 4.72. The molecule has 1 fully saturated rings. The Bertz CT molecular complexity index is 175. The lowest BCUT2D eigenvalue weighted by molar-refractivity contribution is 0.171. The standard InChI is InChI=1S/C14H29NO/c1-5-14(6-2,7-3)11-15-12(4)13-8-9-16-10-13/h12-13,15H,5-11H2,1-4H3. The van der Waals surface area contributed by atoms with Gasteiger partial charge in [-0.1, -0.05) is 20.8 Å². The van der Waals surface area contributed by atoms with Crippen molar-refractivity contribution >= 4 is 0 Å². The summed E-state index contributed by atoms with van der Waals surface area (Å²) in [4.78, 5) is 0. The van der Waals surface area contributed by atoms with Gasteiger partial charge in [-0.05, 0) is 43.9 Å². The van der Waals surface area contributed by atoms with Gasteiger partial charge in [-0.3, -0.25) is 0 Å². The van der Waals surface area contributed by atoms with Gasteiger partial charge in [0.05, 0.1) is 6.61 Å². The first-order valence-electron chi connectivity index (χ1n) is 6.98. The fourth-order valence-electron chi connectivity index (χ4n) is 2.62. The van der Waals surface area contributed by atoms with Crippen LogP contribution in [0.4, 0.5) is 0 Å². The second-order valence-electron chi connectivity index (χ2n) is 5.35. The SMILES string of the molecule is CCC(CC)(CC)CNC(C)C1CCOC1. The number of hydrogen-bond donors (Lipinski definition) is 1. The zero-order valence-corrected chi connectivity index (χ0v) is 11.5. The van der Waals surface area contributed by atoms with Crippen LogP contribution in [0.3, 0.4) is 0 Å². The molecule has 1 aliphatic rings. The molecule has 2 nitrogen and oxygen atoms in total. The Morgan fingerprint density at radius 3 is 2.31 bits per heavy atom. The molecule has 0 amide bonds. The molecule has 1 rings (SSSR count). The lowest BCUT2D eigenvalue weighted by Gasteiger charge is -2.33. The maximum Gasteiger partial charge on any atom is 0.0509 e. The van der Waals surface area contributed by atoms with Crippen molar-refractivity contribution in [3.63, 3.8) is 0 Å². The molecular weight excluding hydrogens is 198 g/mol. The molecule has 1 heterocycles. The molecule has 2 atom stereocenters. The van der Waals surface area contributed by atoms with E-state index >= 15 is 0 Å². The Labute approximate surface area is 101 Å². The fourth-order valence-corrected chi connectivity index (χ4v) is 2.62. The second kappa shape index (κ2) is 6.61. The lowest BCUT2D eigenvalue weighted by atomic mass is 9.79. The van der Waals surface area contributed by atoms with Crippen LogP contribution in [0.5, 0.6) is 0 Å². The summed E-state index contributed by atoms with van der Waals surface area (Å²) < 4.78 is 5.45. The predicted molar refractivity (Wildman–Crippen MR) is 69.7 cm³/mol. The van der Waals surface area contributed by atoms with Crippen molar-refractivity contribution in [1.29, 1.82) is 0 Å². The van der Waals surface area contributed by atoms with E-state index in [1.54, 1.807) is 0 Å². The van der Waals surface area contributed by atoms with Crippen LogP contribution in [0.2, 0.25) is 0 Å². The minimum atomic E-state index is 0.508. The summed E-state index contributed by atoms with van der Waals surface area (Å²) in [6.07, 6.45) is 5.06. The molecule has 1 saturated heterocycles. The van der Waals surface area contributed by atoms with Gasteiger partial charge in [-0.25, -0.2) is 0 Å². The molecule has 2 unspecified atom stereocenters. The molecule has 1 aliphatic heterocycles. The van der Waals surface area contributed by atoms with E-state index in [0.717, 1.165) is 25.7 Å². The molecule has 0 saturated carbocycles. The molecule has 0 bridgehead atoms.